The Morgan fingerprint density at radius 2 is 2.41 bits per heavy atom. The van der Waals surface area contributed by atoms with Crippen LogP contribution in [0, 0.1) is 6.92 Å². The van der Waals surface area contributed by atoms with Gasteiger partial charge in [-0.2, -0.15) is 0 Å². The molecule has 0 unspecified atom stereocenters. The highest BCUT2D eigenvalue weighted by molar-refractivity contribution is 5.82. The lowest BCUT2D eigenvalue weighted by atomic mass is 10.2. The first-order valence-electron chi connectivity index (χ1n) is 7.77. The summed E-state index contributed by atoms with van der Waals surface area (Å²) in [5, 5.41) is 6.35. The van der Waals surface area contributed by atoms with Crippen molar-refractivity contribution in [2.75, 3.05) is 19.7 Å². The number of hydrogen-bond acceptors (Lipinski definition) is 4. The molecule has 0 aromatic carbocycles. The van der Waals surface area contributed by atoms with Gasteiger partial charge in [0.2, 0.25) is 0 Å². The average Bonchev–Trinajstić information content (AvgIpc) is 3.17. The van der Waals surface area contributed by atoms with E-state index in [4.69, 9.17) is 4.74 Å². The molecule has 2 aromatic heterocycles. The van der Waals surface area contributed by atoms with E-state index in [0.29, 0.717) is 13.2 Å². The molecule has 1 saturated heterocycles. The van der Waals surface area contributed by atoms with Gasteiger partial charge in [0.05, 0.1) is 23.9 Å². The first kappa shape index (κ1) is 13.7. The van der Waals surface area contributed by atoms with E-state index < -0.39 is 6.10 Å². The number of aryl methyl sites for hydroxylation is 1. The number of ether oxygens (including phenoxy) is 1. The van der Waals surface area contributed by atoms with E-state index in [1.807, 2.05) is 18.5 Å². The van der Waals surface area contributed by atoms with Crippen LogP contribution in [0.2, 0.25) is 0 Å². The van der Waals surface area contributed by atoms with E-state index in [0.717, 1.165) is 30.7 Å². The maximum atomic E-state index is 12.4. The number of carbonyl (C=O) groups excluding carboxylic acids is 1. The van der Waals surface area contributed by atoms with E-state index >= 15 is 0 Å². The van der Waals surface area contributed by atoms with Gasteiger partial charge in [-0.1, -0.05) is 6.07 Å². The van der Waals surface area contributed by atoms with E-state index in [2.05, 4.69) is 33.0 Å². The maximum Gasteiger partial charge on any atom is 0.251 e. The molecule has 6 heteroatoms. The van der Waals surface area contributed by atoms with Gasteiger partial charge in [-0.3, -0.25) is 4.79 Å². The van der Waals surface area contributed by atoms with E-state index in [1.54, 1.807) is 0 Å². The number of amides is 1. The number of nitrogens with one attached hydrogen (secondary N) is 2. The first-order valence-corrected chi connectivity index (χ1v) is 7.77. The van der Waals surface area contributed by atoms with Crippen LogP contribution in [0.1, 0.15) is 24.2 Å². The van der Waals surface area contributed by atoms with Crippen LogP contribution in [0.3, 0.4) is 0 Å². The number of morpholine rings is 1. The van der Waals surface area contributed by atoms with Crippen LogP contribution in [0.15, 0.2) is 24.5 Å². The van der Waals surface area contributed by atoms with Crippen LogP contribution in [-0.2, 0) is 15.1 Å². The van der Waals surface area contributed by atoms with E-state index in [-0.39, 0.29) is 11.4 Å². The first-order chi connectivity index (χ1) is 10.7. The van der Waals surface area contributed by atoms with Crippen molar-refractivity contribution < 1.29 is 9.53 Å². The fourth-order valence-corrected chi connectivity index (χ4v) is 3.10. The number of pyridine rings is 1. The summed E-state index contributed by atoms with van der Waals surface area (Å²) in [5.41, 5.74) is 1.94. The molecule has 0 spiro atoms. The monoisotopic (exact) mass is 300 g/mol. The second kappa shape index (κ2) is 5.07. The third-order valence-electron chi connectivity index (χ3n) is 4.54. The number of hydrogen-bond donors (Lipinski definition) is 2. The number of carbonyl (C=O) groups is 1. The van der Waals surface area contributed by atoms with Gasteiger partial charge in [0.1, 0.15) is 11.9 Å². The van der Waals surface area contributed by atoms with Gasteiger partial charge in [0.15, 0.2) is 0 Å². The Bertz CT molecular complexity index is 714. The highest BCUT2D eigenvalue weighted by Crippen LogP contribution is 2.45. The average molecular weight is 300 g/mol. The Labute approximate surface area is 128 Å². The van der Waals surface area contributed by atoms with Crippen LogP contribution in [0.5, 0.6) is 0 Å². The van der Waals surface area contributed by atoms with Crippen molar-refractivity contribution in [3.8, 4) is 0 Å². The molecule has 4 rings (SSSR count). The second-order valence-corrected chi connectivity index (χ2v) is 6.16. The van der Waals surface area contributed by atoms with Crippen molar-refractivity contribution in [1.82, 2.24) is 20.0 Å². The summed E-state index contributed by atoms with van der Waals surface area (Å²) in [5.74, 6) is 0.873. The molecular formula is C16H20N4O2. The molecule has 1 atom stereocenters. The normalized spacial score (nSPS) is 23.4. The summed E-state index contributed by atoms with van der Waals surface area (Å²) in [6, 6.07) is 4.08. The van der Waals surface area contributed by atoms with E-state index in [1.165, 1.54) is 5.56 Å². The fourth-order valence-electron chi connectivity index (χ4n) is 3.10. The third-order valence-corrected chi connectivity index (χ3v) is 4.54. The molecule has 22 heavy (non-hydrogen) atoms. The van der Waals surface area contributed by atoms with Gasteiger partial charge in [0.25, 0.3) is 5.91 Å². The van der Waals surface area contributed by atoms with Crippen molar-refractivity contribution in [2.45, 2.75) is 31.4 Å². The molecule has 2 aliphatic rings. The van der Waals surface area contributed by atoms with Gasteiger partial charge in [-0.25, -0.2) is 4.98 Å². The fraction of sp³-hybridized carbons (Fsp3) is 0.500. The zero-order valence-electron chi connectivity index (χ0n) is 12.6. The minimum atomic E-state index is -0.404. The highest BCUT2D eigenvalue weighted by atomic mass is 16.5. The van der Waals surface area contributed by atoms with Gasteiger partial charge in [0, 0.05) is 19.3 Å². The van der Waals surface area contributed by atoms with Gasteiger partial charge in [-0.05, 0) is 31.4 Å². The van der Waals surface area contributed by atoms with Crippen molar-refractivity contribution >= 4 is 11.4 Å². The quantitative estimate of drug-likeness (QED) is 0.877. The predicted molar refractivity (Wildman–Crippen MR) is 81.6 cm³/mol. The minimum Gasteiger partial charge on any atom is -0.366 e. The van der Waals surface area contributed by atoms with Crippen LogP contribution in [0.4, 0.5) is 0 Å². The summed E-state index contributed by atoms with van der Waals surface area (Å²) in [6.07, 6.45) is 5.34. The van der Waals surface area contributed by atoms with Crippen LogP contribution >= 0.6 is 0 Å². The van der Waals surface area contributed by atoms with Crippen molar-refractivity contribution in [3.63, 3.8) is 0 Å². The number of nitrogens with zero attached hydrogens (tertiary/aromatic N) is 2. The highest BCUT2D eigenvalue weighted by Gasteiger charge is 2.50. The summed E-state index contributed by atoms with van der Waals surface area (Å²) in [7, 11) is 0. The molecule has 2 aromatic rings. The van der Waals surface area contributed by atoms with Crippen molar-refractivity contribution in [1.29, 1.82) is 0 Å². The molecule has 0 radical (unpaired) electrons. The Morgan fingerprint density at radius 1 is 1.55 bits per heavy atom. The molecular weight excluding hydrogens is 280 g/mol. The molecule has 1 saturated carbocycles. The van der Waals surface area contributed by atoms with Crippen LogP contribution in [-0.4, -0.2) is 41.1 Å². The summed E-state index contributed by atoms with van der Waals surface area (Å²) in [4.78, 5) is 17.0. The maximum absolute atomic E-state index is 12.4. The Morgan fingerprint density at radius 3 is 3.14 bits per heavy atom. The molecule has 1 aliphatic carbocycles. The second-order valence-electron chi connectivity index (χ2n) is 6.16. The SMILES string of the molecule is Cc1cccn2c(C3(NC(=O)[C@@H]4CNCCO4)CC3)ncc12. The number of imidazole rings is 1. The van der Waals surface area contributed by atoms with Gasteiger partial charge >= 0.3 is 0 Å². The van der Waals surface area contributed by atoms with Crippen LogP contribution < -0.4 is 10.6 Å². The molecule has 116 valence electrons. The standard InChI is InChI=1S/C16H20N4O2/c1-11-3-2-7-20-12(11)9-18-15(20)16(4-5-16)19-14(21)13-10-17-6-8-22-13/h2-3,7,9,13,17H,4-6,8,10H2,1H3,(H,19,21)/t13-/m0/s1. The molecule has 2 fully saturated rings. The zero-order valence-corrected chi connectivity index (χ0v) is 12.6. The minimum absolute atomic E-state index is 0.0471. The lowest BCUT2D eigenvalue weighted by Gasteiger charge is -2.25. The summed E-state index contributed by atoms with van der Waals surface area (Å²) in [6.45, 7) is 4.03. The molecule has 6 nitrogen and oxygen atoms in total. The lowest BCUT2D eigenvalue weighted by molar-refractivity contribution is -0.135. The van der Waals surface area contributed by atoms with E-state index in [9.17, 15) is 4.79 Å². The molecule has 3 heterocycles. The number of fused-ring (bicyclic) bond motifs is 1. The van der Waals surface area contributed by atoms with Crippen molar-refractivity contribution in [3.05, 3.63) is 35.9 Å². The molecule has 1 amide bonds. The third kappa shape index (κ3) is 2.19. The molecule has 0 bridgehead atoms. The topological polar surface area (TPSA) is 67.7 Å². The largest absolute Gasteiger partial charge is 0.366 e. The Balaban J connectivity index is 1.60. The van der Waals surface area contributed by atoms with Crippen LogP contribution in [0.25, 0.3) is 5.52 Å². The lowest BCUT2D eigenvalue weighted by Crippen LogP contribution is -2.50. The Hall–Kier alpha value is -1.92. The smallest absolute Gasteiger partial charge is 0.251 e. The number of aromatic nitrogens is 2. The van der Waals surface area contributed by atoms with Gasteiger partial charge < -0.3 is 19.8 Å². The molecule has 2 N–H and O–H groups in total. The predicted octanol–water partition coefficient (Wildman–Crippen LogP) is 0.736. The number of rotatable bonds is 3. The summed E-state index contributed by atoms with van der Waals surface area (Å²) >= 11 is 0. The summed E-state index contributed by atoms with van der Waals surface area (Å²) < 4.78 is 7.62. The zero-order chi connectivity index (χ0) is 15.2. The molecule has 1 aliphatic heterocycles. The van der Waals surface area contributed by atoms with Crippen molar-refractivity contribution in [2.24, 2.45) is 0 Å². The Kier molecular flexibility index (Phi) is 3.16. The van der Waals surface area contributed by atoms with Gasteiger partial charge in [-0.15, -0.1) is 0 Å².